The first kappa shape index (κ1) is 41.9. The van der Waals surface area contributed by atoms with Gasteiger partial charge >= 0.3 is 23.9 Å². The molecule has 0 N–H and O–H groups in total. The minimum Gasteiger partial charge on any atom is -0.494 e. The van der Waals surface area contributed by atoms with Crippen molar-refractivity contribution in [2.75, 3.05) is 39.6 Å². The molecule has 2 heterocycles. The third-order valence-electron chi connectivity index (χ3n) is 10.0. The maximum absolute atomic E-state index is 13.2. The summed E-state index contributed by atoms with van der Waals surface area (Å²) in [6.07, 6.45) is 7.06. The second kappa shape index (κ2) is 21.2. The molecule has 12 nitrogen and oxygen atoms in total. The lowest BCUT2D eigenvalue weighted by Gasteiger charge is -2.17. The van der Waals surface area contributed by atoms with Gasteiger partial charge in [-0.05, 0) is 121 Å². The number of hydrogen-bond donors (Lipinski definition) is 0. The van der Waals surface area contributed by atoms with Crippen molar-refractivity contribution in [3.05, 3.63) is 109 Å². The first-order valence-electron chi connectivity index (χ1n) is 19.9. The van der Waals surface area contributed by atoms with E-state index in [0.29, 0.717) is 37.6 Å². The molecule has 4 aromatic rings. The number of benzene rings is 4. The summed E-state index contributed by atoms with van der Waals surface area (Å²) in [5.74, 6) is -0.300. The van der Waals surface area contributed by atoms with Crippen molar-refractivity contribution in [2.24, 2.45) is 0 Å². The Labute approximate surface area is 338 Å². The van der Waals surface area contributed by atoms with Crippen LogP contribution in [-0.4, -0.2) is 87.9 Å². The molecule has 6 rings (SSSR count). The van der Waals surface area contributed by atoms with E-state index < -0.39 is 48.3 Å². The minimum absolute atomic E-state index is 0.125. The molecule has 4 aromatic carbocycles. The van der Waals surface area contributed by atoms with E-state index in [1.807, 2.05) is 48.5 Å². The molecule has 2 fully saturated rings. The standard InChI is InChI=1S/C46H50O12/c1-3-41(47)53-23-11-7-5-9-21-51-37-19-17-31-25-35(15-13-33(31)27-37)45(49)57-39-29-55-44-40(30-56-43(39)44)58-46(50)36-16-14-34-28-38(20-18-32(34)26-36)52-22-10-6-8-12-24-54-42(48)4-2/h3-4,13-20,25-28,39-40,43-44H,1-2,5-12,21-24,29-30H2/t39-,40+,43-,44-/m1/s1. The molecule has 306 valence electrons. The quantitative estimate of drug-likeness (QED) is 0.0331. The lowest BCUT2D eigenvalue weighted by Crippen LogP contribution is -2.36. The van der Waals surface area contributed by atoms with Crippen LogP contribution in [0.15, 0.2) is 98.1 Å². The van der Waals surface area contributed by atoms with Crippen molar-refractivity contribution in [1.29, 1.82) is 0 Å². The fraction of sp³-hybridized carbons (Fsp3) is 0.391. The number of rotatable bonds is 22. The molecule has 0 amide bonds. The van der Waals surface area contributed by atoms with Crippen molar-refractivity contribution in [2.45, 2.75) is 75.8 Å². The van der Waals surface area contributed by atoms with Crippen molar-refractivity contribution in [1.82, 2.24) is 0 Å². The molecule has 0 aliphatic carbocycles. The SMILES string of the molecule is C=CC(=O)OCCCCCCOc1ccc2cc(C(=O)O[C@H]3CO[C@H]4[C@@H]3OC[C@H]4OC(=O)c3ccc4cc(OCCCCCCOC(=O)C=C)ccc4c3)ccc2c1. The van der Waals surface area contributed by atoms with Crippen LogP contribution in [0.4, 0.5) is 0 Å². The predicted molar refractivity (Wildman–Crippen MR) is 216 cm³/mol. The Hall–Kier alpha value is -5.72. The van der Waals surface area contributed by atoms with Gasteiger partial charge in [0, 0.05) is 12.2 Å². The Bertz CT molecular complexity index is 1930. The van der Waals surface area contributed by atoms with Crippen LogP contribution in [0.3, 0.4) is 0 Å². The molecular formula is C46H50O12. The highest BCUT2D eigenvalue weighted by atomic mass is 16.7. The number of ether oxygens (including phenoxy) is 8. The van der Waals surface area contributed by atoms with E-state index in [-0.39, 0.29) is 13.2 Å². The largest absolute Gasteiger partial charge is 0.494 e. The third-order valence-corrected chi connectivity index (χ3v) is 10.0. The number of carbonyl (C=O) groups is 4. The number of carbonyl (C=O) groups excluding carboxylic acids is 4. The van der Waals surface area contributed by atoms with E-state index in [0.717, 1.165) is 96.6 Å². The van der Waals surface area contributed by atoms with Gasteiger partial charge in [0.1, 0.15) is 23.7 Å². The molecule has 0 saturated carbocycles. The van der Waals surface area contributed by atoms with Gasteiger partial charge in [0.2, 0.25) is 0 Å². The van der Waals surface area contributed by atoms with Crippen LogP contribution >= 0.6 is 0 Å². The summed E-state index contributed by atoms with van der Waals surface area (Å²) >= 11 is 0. The first-order valence-corrected chi connectivity index (χ1v) is 19.9. The summed E-state index contributed by atoms with van der Waals surface area (Å²) in [5.41, 5.74) is 0.800. The topological polar surface area (TPSA) is 142 Å². The average Bonchev–Trinajstić information content (AvgIpc) is 3.84. The molecule has 2 aliphatic rings. The average molecular weight is 795 g/mol. The Balaban J connectivity index is 0.915. The fourth-order valence-electron chi connectivity index (χ4n) is 6.88. The Morgan fingerprint density at radius 2 is 0.897 bits per heavy atom. The smallest absolute Gasteiger partial charge is 0.338 e. The third kappa shape index (κ3) is 11.7. The first-order chi connectivity index (χ1) is 28.3. The summed E-state index contributed by atoms with van der Waals surface area (Å²) in [4.78, 5) is 48.6. The van der Waals surface area contributed by atoms with Crippen molar-refractivity contribution < 1.29 is 57.1 Å². The Morgan fingerprint density at radius 3 is 1.31 bits per heavy atom. The molecule has 0 unspecified atom stereocenters. The van der Waals surface area contributed by atoms with Crippen LogP contribution in [0.5, 0.6) is 11.5 Å². The van der Waals surface area contributed by atoms with E-state index in [1.165, 1.54) is 0 Å². The van der Waals surface area contributed by atoms with Crippen molar-refractivity contribution >= 4 is 45.4 Å². The Morgan fingerprint density at radius 1 is 0.517 bits per heavy atom. The molecule has 0 radical (unpaired) electrons. The van der Waals surface area contributed by atoms with Crippen molar-refractivity contribution in [3.63, 3.8) is 0 Å². The number of esters is 4. The van der Waals surface area contributed by atoms with Gasteiger partial charge in [-0.2, -0.15) is 0 Å². The highest BCUT2D eigenvalue weighted by Gasteiger charge is 2.51. The monoisotopic (exact) mass is 794 g/mol. The number of unbranched alkanes of at least 4 members (excludes halogenated alkanes) is 6. The van der Waals surface area contributed by atoms with Crippen LogP contribution in [0, 0.1) is 0 Å². The molecule has 0 aromatic heterocycles. The summed E-state index contributed by atoms with van der Waals surface area (Å²) < 4.78 is 45.4. The summed E-state index contributed by atoms with van der Waals surface area (Å²) in [5, 5.41) is 3.59. The predicted octanol–water partition coefficient (Wildman–Crippen LogP) is 7.88. The molecule has 2 aliphatic heterocycles. The van der Waals surface area contributed by atoms with Gasteiger partial charge in [0.05, 0.1) is 50.8 Å². The zero-order valence-electron chi connectivity index (χ0n) is 32.6. The minimum atomic E-state index is -0.652. The molecule has 0 spiro atoms. The van der Waals surface area contributed by atoms with Crippen LogP contribution in [-0.2, 0) is 38.0 Å². The van der Waals surface area contributed by atoms with Gasteiger partial charge in [-0.15, -0.1) is 0 Å². The molecular weight excluding hydrogens is 744 g/mol. The normalized spacial score (nSPS) is 18.3. The lowest BCUT2D eigenvalue weighted by atomic mass is 10.1. The van der Waals surface area contributed by atoms with Gasteiger partial charge < -0.3 is 37.9 Å². The highest BCUT2D eigenvalue weighted by Crippen LogP contribution is 2.32. The van der Waals surface area contributed by atoms with Crippen LogP contribution in [0.1, 0.15) is 72.1 Å². The molecule has 0 bridgehead atoms. The van der Waals surface area contributed by atoms with Crippen molar-refractivity contribution in [3.8, 4) is 11.5 Å². The summed E-state index contributed by atoms with van der Waals surface area (Å²) in [6.45, 7) is 8.94. The van der Waals surface area contributed by atoms with Gasteiger partial charge in [-0.25, -0.2) is 19.2 Å². The zero-order chi connectivity index (χ0) is 40.7. The van der Waals surface area contributed by atoms with E-state index in [1.54, 1.807) is 24.3 Å². The zero-order valence-corrected chi connectivity index (χ0v) is 32.6. The van der Waals surface area contributed by atoms with E-state index >= 15 is 0 Å². The molecule has 2 saturated heterocycles. The van der Waals surface area contributed by atoms with Gasteiger partial charge in [-0.3, -0.25) is 0 Å². The van der Waals surface area contributed by atoms with Crippen LogP contribution in [0.2, 0.25) is 0 Å². The van der Waals surface area contributed by atoms with Gasteiger partial charge in [0.15, 0.2) is 12.2 Å². The highest BCUT2D eigenvalue weighted by molar-refractivity contribution is 5.97. The summed E-state index contributed by atoms with van der Waals surface area (Å²) in [7, 11) is 0. The second-order valence-electron chi connectivity index (χ2n) is 14.2. The summed E-state index contributed by atoms with van der Waals surface area (Å²) in [6, 6.07) is 22.2. The molecule has 58 heavy (non-hydrogen) atoms. The Kier molecular flexibility index (Phi) is 15.3. The fourth-order valence-corrected chi connectivity index (χ4v) is 6.88. The second-order valence-corrected chi connectivity index (χ2v) is 14.2. The molecule has 12 heteroatoms. The van der Waals surface area contributed by atoms with E-state index in [4.69, 9.17) is 37.9 Å². The van der Waals surface area contributed by atoms with Crippen LogP contribution in [0.25, 0.3) is 21.5 Å². The van der Waals surface area contributed by atoms with Crippen LogP contribution < -0.4 is 9.47 Å². The lowest BCUT2D eigenvalue weighted by molar-refractivity contribution is -0.138. The van der Waals surface area contributed by atoms with Gasteiger partial charge in [0.25, 0.3) is 0 Å². The molecule has 4 atom stereocenters. The maximum atomic E-state index is 13.2. The van der Waals surface area contributed by atoms with E-state index in [9.17, 15) is 19.2 Å². The van der Waals surface area contributed by atoms with Gasteiger partial charge in [-0.1, -0.05) is 37.4 Å². The number of hydrogen-bond acceptors (Lipinski definition) is 12. The number of fused-ring (bicyclic) bond motifs is 3. The van der Waals surface area contributed by atoms with E-state index in [2.05, 4.69) is 13.2 Å². The maximum Gasteiger partial charge on any atom is 0.338 e.